The second-order valence-electron chi connectivity index (χ2n) is 6.91. The maximum Gasteiger partial charge on any atom is 0.263 e. The Kier molecular flexibility index (Phi) is 4.38. The summed E-state index contributed by atoms with van der Waals surface area (Å²) in [5.41, 5.74) is 3.23. The lowest BCUT2D eigenvalue weighted by Gasteiger charge is -2.20. The smallest absolute Gasteiger partial charge is 0.263 e. The van der Waals surface area contributed by atoms with Crippen LogP contribution in [0.4, 0.5) is 11.4 Å². The summed E-state index contributed by atoms with van der Waals surface area (Å²) < 4.78 is 0. The van der Waals surface area contributed by atoms with Gasteiger partial charge in [-0.3, -0.25) is 19.4 Å². The van der Waals surface area contributed by atoms with Crippen LogP contribution in [-0.2, 0) is 14.4 Å². The molecular formula is C20H19N5O3. The first-order chi connectivity index (χ1) is 13.5. The van der Waals surface area contributed by atoms with Crippen LogP contribution in [0.1, 0.15) is 11.1 Å². The van der Waals surface area contributed by atoms with Crippen LogP contribution in [0.3, 0.4) is 0 Å². The van der Waals surface area contributed by atoms with Crippen molar-refractivity contribution >= 4 is 29.1 Å². The van der Waals surface area contributed by atoms with Crippen molar-refractivity contribution in [2.45, 2.75) is 25.9 Å². The van der Waals surface area contributed by atoms with Crippen molar-refractivity contribution in [2.75, 3.05) is 16.8 Å². The topological polar surface area (TPSA) is 94.4 Å². The summed E-state index contributed by atoms with van der Waals surface area (Å²) in [4.78, 5) is 39.1. The fraction of sp³-hybridized carbons (Fsp3) is 0.250. The first kappa shape index (κ1) is 17.8. The van der Waals surface area contributed by atoms with E-state index in [-0.39, 0.29) is 12.5 Å². The predicted molar refractivity (Wildman–Crippen MR) is 103 cm³/mol. The van der Waals surface area contributed by atoms with E-state index in [0.29, 0.717) is 11.4 Å². The lowest BCUT2D eigenvalue weighted by molar-refractivity contribution is -0.123. The molecule has 142 valence electrons. The Balaban J connectivity index is 1.48. The number of fused-ring (bicyclic) bond motifs is 1. The summed E-state index contributed by atoms with van der Waals surface area (Å²) in [6.07, 6.45) is 0. The Morgan fingerprint density at radius 1 is 1.07 bits per heavy atom. The van der Waals surface area contributed by atoms with Crippen molar-refractivity contribution in [2.24, 2.45) is 10.3 Å². The number of amides is 3. The van der Waals surface area contributed by atoms with Gasteiger partial charge in [0.2, 0.25) is 5.91 Å². The molecule has 1 saturated heterocycles. The summed E-state index contributed by atoms with van der Waals surface area (Å²) in [7, 11) is 0. The van der Waals surface area contributed by atoms with Crippen LogP contribution in [0, 0.1) is 13.8 Å². The van der Waals surface area contributed by atoms with E-state index in [2.05, 4.69) is 15.7 Å². The average molecular weight is 377 g/mol. The molecular weight excluding hydrogens is 358 g/mol. The van der Waals surface area contributed by atoms with Crippen molar-refractivity contribution < 1.29 is 14.4 Å². The molecule has 1 N–H and O–H groups in total. The molecule has 0 aromatic heterocycles. The Bertz CT molecular complexity index is 989. The van der Waals surface area contributed by atoms with Crippen molar-refractivity contribution in [3.63, 3.8) is 0 Å². The lowest BCUT2D eigenvalue weighted by Crippen LogP contribution is -2.43. The van der Waals surface area contributed by atoms with Crippen LogP contribution in [0.25, 0.3) is 0 Å². The molecule has 2 aromatic rings. The molecule has 2 aliphatic rings. The van der Waals surface area contributed by atoms with E-state index < -0.39 is 23.9 Å². The molecule has 0 saturated carbocycles. The minimum atomic E-state index is -0.915. The highest BCUT2D eigenvalue weighted by Gasteiger charge is 2.55. The van der Waals surface area contributed by atoms with Crippen LogP contribution >= 0.6 is 0 Å². The molecule has 0 radical (unpaired) electrons. The lowest BCUT2D eigenvalue weighted by atomic mass is 10.1. The number of benzene rings is 2. The van der Waals surface area contributed by atoms with Gasteiger partial charge in [0, 0.05) is 5.69 Å². The highest BCUT2D eigenvalue weighted by atomic mass is 16.2. The zero-order chi connectivity index (χ0) is 19.8. The Morgan fingerprint density at radius 3 is 2.54 bits per heavy atom. The van der Waals surface area contributed by atoms with Crippen molar-refractivity contribution in [3.8, 4) is 0 Å². The highest BCUT2D eigenvalue weighted by molar-refractivity contribution is 6.25. The number of anilines is 2. The van der Waals surface area contributed by atoms with Crippen molar-refractivity contribution in [1.82, 2.24) is 5.01 Å². The van der Waals surface area contributed by atoms with Gasteiger partial charge in [-0.05, 0) is 37.6 Å². The fourth-order valence-electron chi connectivity index (χ4n) is 3.48. The van der Waals surface area contributed by atoms with Gasteiger partial charge in [-0.2, -0.15) is 5.11 Å². The van der Waals surface area contributed by atoms with Gasteiger partial charge in [-0.1, -0.05) is 41.1 Å². The SMILES string of the molecule is Cc1ccc(NC(=O)CN2N=N[C@@H]3C(=O)N(c4ccccc4)C(=O)[C@@H]32)c(C)c1. The Morgan fingerprint density at radius 2 is 1.82 bits per heavy atom. The van der Waals surface area contributed by atoms with Crippen LogP contribution < -0.4 is 10.2 Å². The molecule has 1 fully saturated rings. The second-order valence-corrected chi connectivity index (χ2v) is 6.91. The molecule has 0 aliphatic carbocycles. The normalized spacial score (nSPS) is 20.6. The summed E-state index contributed by atoms with van der Waals surface area (Å²) in [6, 6.07) is 12.6. The number of imide groups is 1. The van der Waals surface area contributed by atoms with Crippen LogP contribution in [0.15, 0.2) is 58.9 Å². The quantitative estimate of drug-likeness (QED) is 0.827. The summed E-state index contributed by atoms with van der Waals surface area (Å²) in [5.74, 6) is -1.18. The molecule has 8 heteroatoms. The Hall–Kier alpha value is -3.55. The predicted octanol–water partition coefficient (Wildman–Crippen LogP) is 2.24. The maximum atomic E-state index is 12.9. The number of carbonyl (C=O) groups is 3. The van der Waals surface area contributed by atoms with Crippen LogP contribution in [0.5, 0.6) is 0 Å². The second kappa shape index (κ2) is 6.88. The van der Waals surface area contributed by atoms with E-state index in [1.54, 1.807) is 30.3 Å². The van der Waals surface area contributed by atoms with E-state index in [4.69, 9.17) is 0 Å². The third kappa shape index (κ3) is 3.02. The first-order valence-corrected chi connectivity index (χ1v) is 8.93. The number of rotatable bonds is 4. The van der Waals surface area contributed by atoms with Gasteiger partial charge < -0.3 is 5.32 Å². The van der Waals surface area contributed by atoms with Crippen LogP contribution in [0.2, 0.25) is 0 Å². The molecule has 28 heavy (non-hydrogen) atoms. The zero-order valence-corrected chi connectivity index (χ0v) is 15.5. The van der Waals surface area contributed by atoms with Gasteiger partial charge in [0.1, 0.15) is 6.54 Å². The molecule has 3 amide bonds. The largest absolute Gasteiger partial charge is 0.324 e. The number of nitrogens with one attached hydrogen (secondary N) is 1. The monoisotopic (exact) mass is 377 g/mol. The van der Waals surface area contributed by atoms with Gasteiger partial charge in [-0.25, -0.2) is 4.90 Å². The van der Waals surface area contributed by atoms with Gasteiger partial charge in [-0.15, -0.1) is 0 Å². The van der Waals surface area contributed by atoms with E-state index >= 15 is 0 Å². The number of aryl methyl sites for hydroxylation is 2. The Labute approximate surface area is 161 Å². The van der Waals surface area contributed by atoms with Gasteiger partial charge in [0.15, 0.2) is 12.1 Å². The molecule has 0 unspecified atom stereocenters. The summed E-state index contributed by atoms with van der Waals surface area (Å²) in [5, 5.41) is 11.9. The van der Waals surface area contributed by atoms with Crippen molar-refractivity contribution in [1.29, 1.82) is 0 Å². The van der Waals surface area contributed by atoms with E-state index in [1.807, 2.05) is 32.0 Å². The highest BCUT2D eigenvalue weighted by Crippen LogP contribution is 2.31. The molecule has 8 nitrogen and oxygen atoms in total. The first-order valence-electron chi connectivity index (χ1n) is 8.93. The number of hydrogen-bond acceptors (Lipinski definition) is 6. The molecule has 0 spiro atoms. The molecule has 2 atom stereocenters. The van der Waals surface area contributed by atoms with Gasteiger partial charge in [0.05, 0.1) is 5.69 Å². The fourth-order valence-corrected chi connectivity index (χ4v) is 3.48. The van der Waals surface area contributed by atoms with Crippen molar-refractivity contribution in [3.05, 3.63) is 59.7 Å². The number of carbonyl (C=O) groups excluding carboxylic acids is 3. The molecule has 2 heterocycles. The van der Waals surface area contributed by atoms with Gasteiger partial charge >= 0.3 is 0 Å². The number of hydrogen-bond donors (Lipinski definition) is 1. The molecule has 4 rings (SSSR count). The molecule has 2 aliphatic heterocycles. The third-order valence-electron chi connectivity index (χ3n) is 4.83. The minimum Gasteiger partial charge on any atom is -0.324 e. The molecule has 2 aromatic carbocycles. The zero-order valence-electron chi connectivity index (χ0n) is 15.5. The van der Waals surface area contributed by atoms with E-state index in [1.165, 1.54) is 5.01 Å². The van der Waals surface area contributed by atoms with Crippen LogP contribution in [-0.4, -0.2) is 41.4 Å². The third-order valence-corrected chi connectivity index (χ3v) is 4.83. The minimum absolute atomic E-state index is 0.167. The van der Waals surface area contributed by atoms with E-state index in [9.17, 15) is 14.4 Å². The number of nitrogens with zero attached hydrogens (tertiary/aromatic N) is 4. The molecule has 0 bridgehead atoms. The van der Waals surface area contributed by atoms with E-state index in [0.717, 1.165) is 16.0 Å². The van der Waals surface area contributed by atoms with Gasteiger partial charge in [0.25, 0.3) is 11.8 Å². The number of para-hydroxylation sites is 1. The average Bonchev–Trinajstić information content (AvgIpc) is 3.18. The summed E-state index contributed by atoms with van der Waals surface area (Å²) >= 11 is 0. The maximum absolute atomic E-state index is 12.9. The standard InChI is InChI=1S/C20H19N5O3/c1-12-8-9-15(13(2)10-12)21-16(26)11-24-18-17(22-23-24)19(27)25(20(18)28)14-6-4-3-5-7-14/h3-10,17-18H,11H2,1-2H3,(H,21,26)/t17-,18+/m0/s1. The summed E-state index contributed by atoms with van der Waals surface area (Å²) in [6.45, 7) is 3.72.